The average molecular weight is 1380 g/mol. The highest BCUT2D eigenvalue weighted by molar-refractivity contribution is 6.10. The Labute approximate surface area is 592 Å². The van der Waals surface area contributed by atoms with Gasteiger partial charge >= 0.3 is 0 Å². The zero-order valence-corrected chi connectivity index (χ0v) is 61.2. The first-order valence-electron chi connectivity index (χ1n) is 37.7. The van der Waals surface area contributed by atoms with Crippen LogP contribution < -0.4 is 55.0 Å². The lowest BCUT2D eigenvalue weighted by molar-refractivity contribution is -0.147. The highest BCUT2D eigenvalue weighted by atomic mass is 16.3. The van der Waals surface area contributed by atoms with Crippen LogP contribution in [0, 0.1) is 0 Å². The van der Waals surface area contributed by atoms with Crippen molar-refractivity contribution in [3.63, 3.8) is 0 Å². The molecule has 23 nitrogen and oxygen atoms in total. The number of amides is 7. The Kier molecular flexibility index (Phi) is 42.2. The summed E-state index contributed by atoms with van der Waals surface area (Å²) in [5, 5.41) is 1.85. The molecule has 0 saturated heterocycles. The number of primary amides is 1. The van der Waals surface area contributed by atoms with Crippen molar-refractivity contribution >= 4 is 58.0 Å². The van der Waals surface area contributed by atoms with Gasteiger partial charge in [0.25, 0.3) is 5.91 Å². The van der Waals surface area contributed by atoms with Crippen molar-refractivity contribution in [3.05, 3.63) is 71.6 Å². The molecule has 14 N–H and O–H groups in total. The van der Waals surface area contributed by atoms with Crippen LogP contribution in [-0.2, 0) is 28.8 Å². The molecule has 0 spiro atoms. The van der Waals surface area contributed by atoms with E-state index >= 15 is 19.2 Å². The van der Waals surface area contributed by atoms with Gasteiger partial charge < -0.3 is 78.9 Å². The molecule has 1 aliphatic carbocycles. The average Bonchev–Trinajstić information content (AvgIpc) is 0.761. The summed E-state index contributed by atoms with van der Waals surface area (Å²) >= 11 is 0. The van der Waals surface area contributed by atoms with Gasteiger partial charge in [-0.2, -0.15) is 0 Å². The largest absolute Gasteiger partial charge is 0.456 e. The van der Waals surface area contributed by atoms with Gasteiger partial charge in [0.05, 0.1) is 38.8 Å². The summed E-state index contributed by atoms with van der Waals surface area (Å²) in [6.45, 7) is 14.3. The molecule has 0 saturated carbocycles. The lowest BCUT2D eigenvalue weighted by atomic mass is 9.90. The van der Waals surface area contributed by atoms with Gasteiger partial charge in [-0.05, 0) is 174 Å². The standard InChI is InChI=1S/C76H127N15O8/c1-5-84(6-2)61-37-39-65-67(53-61)99-68-54-62(85(7-3)8-4)38-40-66(68)75(65)63-35-21-22-36-64(63)76(98)91(52-34-20-14-28-46-82)60-74(97)90(51-33-19-13-27-45-81)59-73(96)89(50-32-18-12-26-44-80)58-72(95)88(49-31-17-11-25-43-79)57-71(94)87(48-30-16-10-24-42-78)56-70(93)86(55-69(83)92)47-29-15-9-23-41-77/h21-22,35-40,53-54H,5-20,23-34,41-52,55-60,77-82H2,1-4H3,(H-,83,92)/p+1. The van der Waals surface area contributed by atoms with Crippen molar-refractivity contribution in [1.82, 2.24) is 34.0 Å². The van der Waals surface area contributed by atoms with Crippen LogP contribution in [0.5, 0.6) is 0 Å². The Morgan fingerprint density at radius 2 is 0.737 bits per heavy atom. The fraction of sp³-hybridized carbons (Fsp3) is 0.658. The molecule has 4 rings (SSSR count). The van der Waals surface area contributed by atoms with Crippen molar-refractivity contribution in [2.75, 3.05) is 149 Å². The molecule has 0 fully saturated rings. The van der Waals surface area contributed by atoms with Crippen LogP contribution in [0.3, 0.4) is 0 Å². The lowest BCUT2D eigenvalue weighted by Crippen LogP contribution is -2.52. The minimum atomic E-state index is -0.665. The van der Waals surface area contributed by atoms with Crippen LogP contribution in [0.2, 0.25) is 0 Å². The zero-order chi connectivity index (χ0) is 72.2. The molecule has 0 bridgehead atoms. The molecular weight excluding hydrogens is 1250 g/mol. The van der Waals surface area contributed by atoms with Gasteiger partial charge in [-0.15, -0.1) is 0 Å². The molecule has 0 aromatic heterocycles. The molecule has 2 aliphatic rings. The molecule has 0 atom stereocenters. The van der Waals surface area contributed by atoms with E-state index in [1.807, 2.05) is 24.3 Å². The third-order valence-corrected chi connectivity index (χ3v) is 18.7. The molecular formula is C76H128N15O8+. The maximum absolute atomic E-state index is 15.8. The van der Waals surface area contributed by atoms with Gasteiger partial charge in [0.2, 0.25) is 40.8 Å². The second-order valence-electron chi connectivity index (χ2n) is 26.2. The minimum absolute atomic E-state index is 0.200. The van der Waals surface area contributed by atoms with Crippen LogP contribution >= 0.6 is 0 Å². The van der Waals surface area contributed by atoms with E-state index < -0.39 is 35.4 Å². The molecule has 0 radical (unpaired) electrons. The van der Waals surface area contributed by atoms with Crippen LogP contribution in [0.1, 0.15) is 192 Å². The molecule has 1 heterocycles. The number of benzene rings is 3. The third-order valence-electron chi connectivity index (χ3n) is 18.7. The Morgan fingerprint density at radius 3 is 1.10 bits per heavy atom. The summed E-state index contributed by atoms with van der Waals surface area (Å²) in [6.07, 6.45) is 17.9. The second-order valence-corrected chi connectivity index (χ2v) is 26.2. The highest BCUT2D eigenvalue weighted by Crippen LogP contribution is 2.42. The van der Waals surface area contributed by atoms with E-state index in [2.05, 4.69) is 73.6 Å². The van der Waals surface area contributed by atoms with Crippen molar-refractivity contribution in [2.24, 2.45) is 40.1 Å². The first-order valence-corrected chi connectivity index (χ1v) is 37.7. The molecule has 23 heteroatoms. The van der Waals surface area contributed by atoms with Crippen LogP contribution in [0.15, 0.2) is 65.1 Å². The van der Waals surface area contributed by atoms with E-state index in [0.717, 1.165) is 169 Å². The fourth-order valence-corrected chi connectivity index (χ4v) is 12.8. The predicted octanol–water partition coefficient (Wildman–Crippen LogP) is 7.05. The fourth-order valence-electron chi connectivity index (χ4n) is 12.8. The van der Waals surface area contributed by atoms with E-state index in [4.69, 9.17) is 44.6 Å². The van der Waals surface area contributed by atoms with E-state index in [9.17, 15) is 14.4 Å². The first-order chi connectivity index (χ1) is 48.1. The van der Waals surface area contributed by atoms with Gasteiger partial charge in [-0.3, -0.25) is 33.6 Å². The molecule has 2 aromatic rings. The SMILES string of the molecule is CCN(CC)c1ccc2c(-c3ccccc3C(=O)N(CCCCCCN)CC(=O)N(CCCCCCN)CC(=O)N(CCCCCCN)CC(=O)N(CCCCCCN)CC(=O)N(CCCCCCN)CC(=O)N(CCCCCCN)CC(N)=O)c3ccc(=[N+](CC)CC)cc-3oc2c1. The lowest BCUT2D eigenvalue weighted by Gasteiger charge is -2.32. The van der Waals surface area contributed by atoms with Crippen LogP contribution in [-0.4, -0.2) is 215 Å². The number of fused-ring (bicyclic) bond motifs is 2. The number of anilines is 1. The molecule has 554 valence electrons. The summed E-state index contributed by atoms with van der Waals surface area (Å²) < 4.78 is 9.12. The molecule has 99 heavy (non-hydrogen) atoms. The van der Waals surface area contributed by atoms with Crippen molar-refractivity contribution in [1.29, 1.82) is 0 Å². The third kappa shape index (κ3) is 29.6. The van der Waals surface area contributed by atoms with Gasteiger partial charge in [0.1, 0.15) is 31.0 Å². The van der Waals surface area contributed by atoms with E-state index in [1.165, 1.54) is 19.6 Å². The summed E-state index contributed by atoms with van der Waals surface area (Å²) in [5.41, 5.74) is 45.3. The van der Waals surface area contributed by atoms with Crippen LogP contribution in [0.4, 0.5) is 5.69 Å². The van der Waals surface area contributed by atoms with E-state index in [-0.39, 0.29) is 84.4 Å². The smallest absolute Gasteiger partial charge is 0.254 e. The van der Waals surface area contributed by atoms with Crippen molar-refractivity contribution in [3.8, 4) is 22.5 Å². The monoisotopic (exact) mass is 1380 g/mol. The second kappa shape index (κ2) is 49.5. The topological polar surface area (TPSA) is 340 Å². The number of rotatable bonds is 55. The van der Waals surface area contributed by atoms with Crippen molar-refractivity contribution in [2.45, 2.75) is 182 Å². The maximum Gasteiger partial charge on any atom is 0.254 e. The highest BCUT2D eigenvalue weighted by Gasteiger charge is 2.32. The number of hydrogen-bond donors (Lipinski definition) is 7. The molecule has 7 amide bonds. The van der Waals surface area contributed by atoms with Crippen molar-refractivity contribution < 1.29 is 38.0 Å². The number of hydrogen-bond acceptors (Lipinski definition) is 15. The summed E-state index contributed by atoms with van der Waals surface area (Å²) in [7, 11) is 0. The number of nitrogens with two attached hydrogens (primary N) is 7. The summed E-state index contributed by atoms with van der Waals surface area (Å²) in [4.78, 5) is 114. The number of unbranched alkanes of at least 4 members (excludes halogenated alkanes) is 18. The van der Waals surface area contributed by atoms with Crippen LogP contribution in [0.25, 0.3) is 33.4 Å². The van der Waals surface area contributed by atoms with Gasteiger partial charge in [0.15, 0.2) is 0 Å². The molecule has 0 unspecified atom stereocenters. The Bertz CT molecular complexity index is 3060. The number of carbonyl (C=O) groups excluding carboxylic acids is 7. The Morgan fingerprint density at radius 1 is 0.384 bits per heavy atom. The predicted molar refractivity (Wildman–Crippen MR) is 401 cm³/mol. The van der Waals surface area contributed by atoms with E-state index in [0.29, 0.717) is 100 Å². The zero-order valence-electron chi connectivity index (χ0n) is 61.2. The van der Waals surface area contributed by atoms with Gasteiger partial charge in [0, 0.05) is 92.3 Å². The normalized spacial score (nSPS) is 11.3. The Hall–Kier alpha value is -7.02. The molecule has 1 aliphatic heterocycles. The molecule has 2 aromatic carbocycles. The first kappa shape index (κ1) is 84.4. The Balaban J connectivity index is 1.80. The summed E-state index contributed by atoms with van der Waals surface area (Å²) in [6, 6.07) is 20.1. The summed E-state index contributed by atoms with van der Waals surface area (Å²) in [5.74, 6) is -2.49. The van der Waals surface area contributed by atoms with E-state index in [1.54, 1.807) is 9.80 Å². The quantitative estimate of drug-likeness (QED) is 0.0132. The van der Waals surface area contributed by atoms with Gasteiger partial charge in [-0.1, -0.05) is 95.2 Å². The number of nitrogens with zero attached hydrogens (tertiary/aromatic N) is 8. The number of carbonyl (C=O) groups is 7. The maximum atomic E-state index is 15.8. The minimum Gasteiger partial charge on any atom is -0.456 e. The van der Waals surface area contributed by atoms with Gasteiger partial charge in [-0.25, -0.2) is 4.58 Å².